The fourth-order valence-electron chi connectivity index (χ4n) is 0.180. The minimum Gasteiger partial charge on any atom is -0.351 e. The van der Waals surface area contributed by atoms with E-state index in [2.05, 4.69) is 20.6 Å². The highest BCUT2D eigenvalue weighted by Gasteiger charge is 1.74. The second-order valence-corrected chi connectivity index (χ2v) is 1.28. The number of hydrogen-bond donors (Lipinski definition) is 0. The van der Waals surface area contributed by atoms with E-state index in [4.69, 9.17) is 4.74 Å². The molecule has 1 unspecified atom stereocenters. The van der Waals surface area contributed by atoms with Gasteiger partial charge in [-0.2, -0.15) is 0 Å². The van der Waals surface area contributed by atoms with Crippen molar-refractivity contribution in [3.8, 4) is 0 Å². The molecule has 0 aromatic heterocycles. The summed E-state index contributed by atoms with van der Waals surface area (Å²) in [5.41, 5.74) is 0. The first-order chi connectivity index (χ1) is 3.41. The topological polar surface area (TPSA) is 18.5 Å². The number of hydrogen-bond acceptors (Lipinski definition) is 2. The third kappa shape index (κ3) is 9.39. The molecule has 0 aliphatic heterocycles. The van der Waals surface area contributed by atoms with Crippen LogP contribution in [0.25, 0.3) is 0 Å². The smallest absolute Gasteiger partial charge is 0.150 e. The quantitative estimate of drug-likeness (QED) is 0.252. The molecule has 0 spiro atoms. The van der Waals surface area contributed by atoms with Gasteiger partial charge < -0.3 is 9.26 Å². The Balaban J connectivity index is 0. The molecule has 0 aliphatic rings. The van der Waals surface area contributed by atoms with Crippen LogP contribution in [0.3, 0.4) is 0 Å². The van der Waals surface area contributed by atoms with E-state index in [0.717, 1.165) is 0 Å². The Morgan fingerprint density at radius 2 is 2.25 bits per heavy atom. The third-order valence-electron chi connectivity index (χ3n) is 0.387. The molecule has 0 aromatic rings. The van der Waals surface area contributed by atoms with Gasteiger partial charge in [-0.1, -0.05) is 6.08 Å². The Morgan fingerprint density at radius 1 is 1.62 bits per heavy atom. The van der Waals surface area contributed by atoms with Crippen molar-refractivity contribution >= 4 is 9.47 Å². The van der Waals surface area contributed by atoms with Crippen molar-refractivity contribution < 1.29 is 14.0 Å². The molecular formula is C4H10FO2P. The van der Waals surface area contributed by atoms with E-state index in [-0.39, 0.29) is 4.70 Å². The highest BCUT2D eigenvalue weighted by atomic mass is 31.0. The van der Waals surface area contributed by atoms with Crippen molar-refractivity contribution in [1.82, 2.24) is 0 Å². The summed E-state index contributed by atoms with van der Waals surface area (Å²) in [4.78, 5) is 0. The average Bonchev–Trinajstić information content (AvgIpc) is 1.69. The number of ether oxygens (including phenoxy) is 1. The van der Waals surface area contributed by atoms with Crippen LogP contribution in [-0.4, -0.2) is 13.4 Å². The largest absolute Gasteiger partial charge is 0.351 e. The lowest BCUT2D eigenvalue weighted by molar-refractivity contribution is 0.0437. The second-order valence-electron chi connectivity index (χ2n) is 0.944. The van der Waals surface area contributed by atoms with Crippen molar-refractivity contribution in [2.45, 2.75) is 0 Å². The van der Waals surface area contributed by atoms with E-state index in [1.807, 2.05) is 0 Å². The molecule has 0 radical (unpaired) electrons. The van der Waals surface area contributed by atoms with E-state index < -0.39 is 0 Å². The van der Waals surface area contributed by atoms with E-state index in [9.17, 15) is 0 Å². The minimum atomic E-state index is 0. The summed E-state index contributed by atoms with van der Waals surface area (Å²) in [5.74, 6) is 0. The van der Waals surface area contributed by atoms with Crippen LogP contribution < -0.4 is 0 Å². The molecule has 0 rings (SSSR count). The van der Waals surface area contributed by atoms with Gasteiger partial charge in [0.1, 0.15) is 6.79 Å². The summed E-state index contributed by atoms with van der Waals surface area (Å²) in [6.07, 6.45) is 1.67. The van der Waals surface area contributed by atoms with Crippen LogP contribution in [-0.2, 0) is 9.26 Å². The van der Waals surface area contributed by atoms with Gasteiger partial charge in [-0.15, -0.1) is 6.58 Å². The molecule has 0 bridgehead atoms. The molecule has 0 fully saturated rings. The van der Waals surface area contributed by atoms with Crippen LogP contribution >= 0.6 is 9.47 Å². The van der Waals surface area contributed by atoms with Gasteiger partial charge in [0.2, 0.25) is 0 Å². The van der Waals surface area contributed by atoms with Crippen LogP contribution in [0.1, 0.15) is 0 Å². The monoisotopic (exact) mass is 140 g/mol. The van der Waals surface area contributed by atoms with Gasteiger partial charge in [0.25, 0.3) is 0 Å². The average molecular weight is 140 g/mol. The summed E-state index contributed by atoms with van der Waals surface area (Å²) < 4.78 is 9.26. The van der Waals surface area contributed by atoms with Crippen molar-refractivity contribution in [1.29, 1.82) is 0 Å². The zero-order valence-electron chi connectivity index (χ0n) is 4.50. The number of halogens is 1. The molecule has 0 heterocycles. The van der Waals surface area contributed by atoms with Gasteiger partial charge in [0, 0.05) is 9.47 Å². The molecule has 0 saturated carbocycles. The van der Waals surface area contributed by atoms with Crippen molar-refractivity contribution in [3.63, 3.8) is 0 Å². The lowest BCUT2D eigenvalue weighted by Gasteiger charge is -1.94. The molecule has 0 N–H and O–H groups in total. The Hall–Kier alpha value is 0.0200. The summed E-state index contributed by atoms with van der Waals surface area (Å²) >= 11 is 0. The zero-order chi connectivity index (χ0) is 5.54. The summed E-state index contributed by atoms with van der Waals surface area (Å²) in [6, 6.07) is 0. The van der Waals surface area contributed by atoms with Crippen molar-refractivity contribution in [3.05, 3.63) is 12.7 Å². The molecule has 2 nitrogen and oxygen atoms in total. The van der Waals surface area contributed by atoms with Gasteiger partial charge in [-0.3, -0.25) is 4.70 Å². The molecule has 8 heavy (non-hydrogen) atoms. The van der Waals surface area contributed by atoms with Crippen LogP contribution in [0.4, 0.5) is 4.70 Å². The maximum absolute atomic E-state index is 4.77. The fourth-order valence-corrected chi connectivity index (χ4v) is 0.276. The zero-order valence-corrected chi connectivity index (χ0v) is 5.66. The molecule has 0 saturated heterocycles. The van der Waals surface area contributed by atoms with E-state index >= 15 is 0 Å². The molecule has 1 atom stereocenters. The SMILES string of the molecule is C=CCOCOP.F. The van der Waals surface area contributed by atoms with Crippen LogP contribution in [0.2, 0.25) is 0 Å². The summed E-state index contributed by atoms with van der Waals surface area (Å²) in [6.45, 7) is 4.31. The maximum atomic E-state index is 4.77. The lowest BCUT2D eigenvalue weighted by atomic mass is 10.7. The lowest BCUT2D eigenvalue weighted by Crippen LogP contribution is -1.91. The van der Waals surface area contributed by atoms with Gasteiger partial charge in [-0.25, -0.2) is 0 Å². The van der Waals surface area contributed by atoms with Gasteiger partial charge in [-0.05, 0) is 0 Å². The first-order valence-electron chi connectivity index (χ1n) is 1.92. The Bertz CT molecular complexity index is 51.3. The van der Waals surface area contributed by atoms with Gasteiger partial charge in [0.05, 0.1) is 6.61 Å². The standard InChI is InChI=1S/C4H9O2P.FH/c1-2-3-5-4-6-7;/h2H,1,3-4,7H2;1H. The van der Waals surface area contributed by atoms with Gasteiger partial charge >= 0.3 is 0 Å². The van der Waals surface area contributed by atoms with E-state index in [1.165, 1.54) is 0 Å². The molecule has 0 amide bonds. The van der Waals surface area contributed by atoms with Crippen molar-refractivity contribution in [2.75, 3.05) is 13.4 Å². The van der Waals surface area contributed by atoms with E-state index in [1.54, 1.807) is 6.08 Å². The van der Waals surface area contributed by atoms with Crippen molar-refractivity contribution in [2.24, 2.45) is 0 Å². The highest BCUT2D eigenvalue weighted by molar-refractivity contribution is 7.09. The first-order valence-corrected chi connectivity index (χ1v) is 2.39. The Morgan fingerprint density at radius 3 is 2.62 bits per heavy atom. The number of rotatable bonds is 4. The summed E-state index contributed by atoms with van der Waals surface area (Å²) in [7, 11) is 2.09. The maximum Gasteiger partial charge on any atom is 0.150 e. The fraction of sp³-hybridized carbons (Fsp3) is 0.500. The normalized spacial score (nSPS) is 7.62. The minimum absolute atomic E-state index is 0. The summed E-state index contributed by atoms with van der Waals surface area (Å²) in [5, 5.41) is 0. The molecular weight excluding hydrogens is 130 g/mol. The molecule has 4 heteroatoms. The Labute approximate surface area is 50.5 Å². The van der Waals surface area contributed by atoms with Crippen LogP contribution in [0, 0.1) is 0 Å². The third-order valence-corrected chi connectivity index (χ3v) is 0.523. The molecule has 0 aliphatic carbocycles. The highest BCUT2D eigenvalue weighted by Crippen LogP contribution is 1.83. The Kier molecular flexibility index (Phi) is 13.8. The second kappa shape index (κ2) is 10.1. The van der Waals surface area contributed by atoms with Crippen LogP contribution in [0.15, 0.2) is 12.7 Å². The molecule has 0 aromatic carbocycles. The van der Waals surface area contributed by atoms with E-state index in [0.29, 0.717) is 13.4 Å². The van der Waals surface area contributed by atoms with Gasteiger partial charge in [0.15, 0.2) is 0 Å². The predicted molar refractivity (Wildman–Crippen MR) is 34.3 cm³/mol. The predicted octanol–water partition coefficient (Wildman–Crippen LogP) is 1.11. The first kappa shape index (κ1) is 10.9. The van der Waals surface area contributed by atoms with Crippen LogP contribution in [0.5, 0.6) is 0 Å². The molecule has 50 valence electrons.